The van der Waals surface area contributed by atoms with Gasteiger partial charge in [0.1, 0.15) is 5.82 Å². The molecule has 1 atom stereocenters. The third-order valence-electron chi connectivity index (χ3n) is 6.00. The number of aromatic nitrogens is 1. The first-order chi connectivity index (χ1) is 15.7. The van der Waals surface area contributed by atoms with Crippen molar-refractivity contribution in [3.63, 3.8) is 0 Å². The molecule has 1 aromatic heterocycles. The van der Waals surface area contributed by atoms with Crippen LogP contribution in [0.25, 0.3) is 0 Å². The first-order valence-corrected chi connectivity index (χ1v) is 12.8. The molecule has 2 amide bonds. The molecule has 2 aromatic rings. The average molecular weight is 473 g/mol. The minimum Gasteiger partial charge on any atom is -0.338 e. The number of carbonyl (C=O) groups is 2. The zero-order valence-corrected chi connectivity index (χ0v) is 20.5. The van der Waals surface area contributed by atoms with Crippen molar-refractivity contribution in [3.05, 3.63) is 53.2 Å². The number of rotatable bonds is 7. The molecule has 8 nitrogen and oxygen atoms in total. The van der Waals surface area contributed by atoms with E-state index in [4.69, 9.17) is 0 Å². The van der Waals surface area contributed by atoms with Gasteiger partial charge in [-0.25, -0.2) is 13.4 Å². The number of anilines is 1. The van der Waals surface area contributed by atoms with Crippen LogP contribution in [0.2, 0.25) is 0 Å². The normalized spacial score (nSPS) is 16.6. The maximum atomic E-state index is 13.4. The van der Waals surface area contributed by atoms with Crippen molar-refractivity contribution in [3.8, 4) is 0 Å². The van der Waals surface area contributed by atoms with Gasteiger partial charge in [0.05, 0.1) is 10.8 Å². The summed E-state index contributed by atoms with van der Waals surface area (Å²) in [5, 5.41) is 2.84. The Labute approximate surface area is 196 Å². The molecule has 1 aromatic carbocycles. The molecule has 2 heterocycles. The molecule has 9 heteroatoms. The Hall–Kier alpha value is -2.78. The molecule has 1 saturated heterocycles. The first kappa shape index (κ1) is 24.9. The van der Waals surface area contributed by atoms with Crippen molar-refractivity contribution < 1.29 is 18.0 Å². The number of likely N-dealkylation sites (tertiary alicyclic amines) is 1. The van der Waals surface area contributed by atoms with Crippen LogP contribution in [-0.2, 0) is 14.8 Å². The lowest BCUT2D eigenvalue weighted by Crippen LogP contribution is -2.44. The molecular formula is C24H32N4O4S. The Morgan fingerprint density at radius 3 is 2.55 bits per heavy atom. The average Bonchev–Trinajstić information content (AvgIpc) is 2.79. The highest BCUT2D eigenvalue weighted by Crippen LogP contribution is 2.24. The fourth-order valence-electron chi connectivity index (χ4n) is 4.09. The summed E-state index contributed by atoms with van der Waals surface area (Å²) in [6.07, 6.45) is 1.37. The molecule has 0 radical (unpaired) electrons. The topological polar surface area (TPSA) is 99.7 Å². The van der Waals surface area contributed by atoms with E-state index < -0.39 is 10.0 Å². The Bertz CT molecular complexity index is 1130. The molecule has 0 spiro atoms. The van der Waals surface area contributed by atoms with Crippen LogP contribution in [0.4, 0.5) is 5.82 Å². The summed E-state index contributed by atoms with van der Waals surface area (Å²) in [7, 11) is -3.68. The van der Waals surface area contributed by atoms with Gasteiger partial charge >= 0.3 is 0 Å². The van der Waals surface area contributed by atoms with Gasteiger partial charge in [-0.3, -0.25) is 9.59 Å². The summed E-state index contributed by atoms with van der Waals surface area (Å²) < 4.78 is 27.2. The van der Waals surface area contributed by atoms with Crippen molar-refractivity contribution in [1.29, 1.82) is 0 Å². The lowest BCUT2D eigenvalue weighted by atomic mass is 9.96. The summed E-state index contributed by atoms with van der Waals surface area (Å²) in [4.78, 5) is 32.2. The van der Waals surface area contributed by atoms with Gasteiger partial charge in [-0.15, -0.1) is 0 Å². The molecule has 0 saturated carbocycles. The number of nitrogens with one attached hydrogen (secondary N) is 1. The molecule has 178 valence electrons. The van der Waals surface area contributed by atoms with Crippen molar-refractivity contribution in [2.24, 2.45) is 5.92 Å². The Morgan fingerprint density at radius 1 is 1.15 bits per heavy atom. The third-order valence-corrected chi connectivity index (χ3v) is 8.05. The fraction of sp³-hybridized carbons (Fsp3) is 0.458. The van der Waals surface area contributed by atoms with Gasteiger partial charge in [-0.1, -0.05) is 26.0 Å². The van der Waals surface area contributed by atoms with Crippen LogP contribution in [0.3, 0.4) is 0 Å². The number of benzene rings is 1. The fourth-order valence-corrected chi connectivity index (χ4v) is 5.58. The first-order valence-electron chi connectivity index (χ1n) is 11.3. The number of carbonyl (C=O) groups excluding carboxylic acids is 2. The molecule has 1 N–H and O–H groups in total. The summed E-state index contributed by atoms with van der Waals surface area (Å²) >= 11 is 0. The lowest BCUT2D eigenvalue weighted by Gasteiger charge is -2.32. The zero-order valence-electron chi connectivity index (χ0n) is 19.7. The number of hydrogen-bond donors (Lipinski definition) is 1. The van der Waals surface area contributed by atoms with Crippen LogP contribution in [-0.4, -0.2) is 60.6 Å². The van der Waals surface area contributed by atoms with Gasteiger partial charge in [-0.2, -0.15) is 4.31 Å². The van der Waals surface area contributed by atoms with Crippen LogP contribution >= 0.6 is 0 Å². The molecule has 33 heavy (non-hydrogen) atoms. The van der Waals surface area contributed by atoms with Gasteiger partial charge in [0.2, 0.25) is 15.9 Å². The maximum Gasteiger partial charge on any atom is 0.254 e. The van der Waals surface area contributed by atoms with Gasteiger partial charge in [-0.05, 0) is 56.5 Å². The highest BCUT2D eigenvalue weighted by Gasteiger charge is 2.31. The SMILES string of the molecule is CCN(CC)S(=O)(=O)c1ccc(C)c(C(=O)N2CCCC(C(=O)Nc3cccc(C)n3)C2)c1. The second-order valence-electron chi connectivity index (χ2n) is 8.31. The van der Waals surface area contributed by atoms with Crippen molar-refractivity contribution >= 4 is 27.7 Å². The summed E-state index contributed by atoms with van der Waals surface area (Å²) in [5.74, 6) is -0.281. The molecule has 0 aliphatic carbocycles. The van der Waals surface area contributed by atoms with E-state index in [1.165, 1.54) is 10.4 Å². The van der Waals surface area contributed by atoms with Gasteiger partial charge < -0.3 is 10.2 Å². The number of aryl methyl sites for hydroxylation is 2. The molecule has 1 unspecified atom stereocenters. The minimum atomic E-state index is -3.68. The van der Waals surface area contributed by atoms with E-state index in [1.807, 2.05) is 19.1 Å². The van der Waals surface area contributed by atoms with Gasteiger partial charge in [0, 0.05) is 37.4 Å². The Balaban J connectivity index is 1.78. The van der Waals surface area contributed by atoms with Crippen LogP contribution in [0.15, 0.2) is 41.3 Å². The molecular weight excluding hydrogens is 440 g/mol. The minimum absolute atomic E-state index is 0.108. The smallest absolute Gasteiger partial charge is 0.254 e. The maximum absolute atomic E-state index is 13.4. The highest BCUT2D eigenvalue weighted by molar-refractivity contribution is 7.89. The largest absolute Gasteiger partial charge is 0.338 e. The van der Waals surface area contributed by atoms with E-state index in [1.54, 1.807) is 43.9 Å². The number of piperidine rings is 1. The summed E-state index contributed by atoms with van der Waals surface area (Å²) in [6, 6.07) is 10.1. The second kappa shape index (κ2) is 10.4. The van der Waals surface area contributed by atoms with Gasteiger partial charge in [0.15, 0.2) is 0 Å². The van der Waals surface area contributed by atoms with Crippen molar-refractivity contribution in [1.82, 2.24) is 14.2 Å². The predicted molar refractivity (Wildman–Crippen MR) is 128 cm³/mol. The molecule has 1 fully saturated rings. The number of hydrogen-bond acceptors (Lipinski definition) is 5. The predicted octanol–water partition coefficient (Wildman–Crippen LogP) is 3.22. The summed E-state index contributed by atoms with van der Waals surface area (Å²) in [5.41, 5.74) is 1.86. The van der Waals surface area contributed by atoms with Crippen molar-refractivity contribution in [2.75, 3.05) is 31.5 Å². The van der Waals surface area contributed by atoms with Crippen molar-refractivity contribution in [2.45, 2.75) is 45.4 Å². The molecule has 0 bridgehead atoms. The van der Waals surface area contributed by atoms with Crippen LogP contribution < -0.4 is 5.32 Å². The Morgan fingerprint density at radius 2 is 1.88 bits per heavy atom. The number of nitrogens with zero attached hydrogens (tertiary/aromatic N) is 3. The van der Waals surface area contributed by atoms with E-state index in [0.29, 0.717) is 49.4 Å². The number of amides is 2. The van der Waals surface area contributed by atoms with E-state index >= 15 is 0 Å². The second-order valence-corrected chi connectivity index (χ2v) is 10.2. The lowest BCUT2D eigenvalue weighted by molar-refractivity contribution is -0.121. The van der Waals surface area contributed by atoms with Crippen LogP contribution in [0, 0.1) is 19.8 Å². The zero-order chi connectivity index (χ0) is 24.2. The standard InChI is InChI=1S/C24H32N4O4S/c1-5-28(6-2)33(31,32)20-13-12-17(3)21(15-20)24(30)27-14-8-10-19(16-27)23(29)26-22-11-7-9-18(4)25-22/h7,9,11-13,15,19H,5-6,8,10,14,16H2,1-4H3,(H,25,26,29). The molecule has 1 aliphatic heterocycles. The molecule has 3 rings (SSSR count). The Kier molecular flexibility index (Phi) is 7.86. The number of pyridine rings is 1. The van der Waals surface area contributed by atoms with E-state index in [0.717, 1.165) is 5.69 Å². The van der Waals surface area contributed by atoms with Crippen LogP contribution in [0.1, 0.15) is 48.3 Å². The van der Waals surface area contributed by atoms with Crippen LogP contribution in [0.5, 0.6) is 0 Å². The highest BCUT2D eigenvalue weighted by atomic mass is 32.2. The third kappa shape index (κ3) is 5.59. The van der Waals surface area contributed by atoms with E-state index in [-0.39, 0.29) is 29.2 Å². The van der Waals surface area contributed by atoms with E-state index in [2.05, 4.69) is 10.3 Å². The number of sulfonamides is 1. The monoisotopic (exact) mass is 472 g/mol. The van der Waals surface area contributed by atoms with E-state index in [9.17, 15) is 18.0 Å². The van der Waals surface area contributed by atoms with Gasteiger partial charge in [0.25, 0.3) is 5.91 Å². The molecule has 1 aliphatic rings. The quantitative estimate of drug-likeness (QED) is 0.667. The summed E-state index contributed by atoms with van der Waals surface area (Å²) in [6.45, 7) is 8.73.